The lowest BCUT2D eigenvalue weighted by molar-refractivity contribution is -0.0478. The molecule has 2 rings (SSSR count). The van der Waals surface area contributed by atoms with Crippen molar-refractivity contribution in [2.45, 2.75) is 12.8 Å². The summed E-state index contributed by atoms with van der Waals surface area (Å²) in [6, 6.07) is 0. The molecule has 0 bridgehead atoms. The molecule has 2 atom stereocenters. The SMILES string of the molecule is Nc1nc2c(ncn2COC(CO)COP(=O)(O)OP(=O)(O)O)c(=O)[nH]1. The van der Waals surface area contributed by atoms with Crippen molar-refractivity contribution in [2.75, 3.05) is 18.9 Å². The van der Waals surface area contributed by atoms with Gasteiger partial charge in [-0.2, -0.15) is 9.29 Å². The number of aromatic amines is 1. The fourth-order valence-electron chi connectivity index (χ4n) is 1.74. The number of H-pyrrole nitrogens is 1. The van der Waals surface area contributed by atoms with E-state index in [2.05, 4.69) is 23.8 Å². The number of imidazole rings is 1. The Morgan fingerprint density at radius 3 is 2.65 bits per heavy atom. The molecule has 0 fully saturated rings. The van der Waals surface area contributed by atoms with E-state index in [-0.39, 0.29) is 23.8 Å². The molecule has 15 nitrogen and oxygen atoms in total. The number of nitrogen functional groups attached to an aromatic ring is 1. The van der Waals surface area contributed by atoms with Crippen molar-refractivity contribution in [3.8, 4) is 0 Å². The maximum Gasteiger partial charge on any atom is 0.481 e. The van der Waals surface area contributed by atoms with E-state index in [4.69, 9.17) is 25.2 Å². The highest BCUT2D eigenvalue weighted by atomic mass is 31.3. The summed E-state index contributed by atoms with van der Waals surface area (Å²) in [5.41, 5.74) is 4.96. The molecule has 2 unspecified atom stereocenters. The first-order valence-electron chi connectivity index (χ1n) is 6.68. The van der Waals surface area contributed by atoms with E-state index in [1.807, 2.05) is 0 Å². The number of hydrogen-bond donors (Lipinski definition) is 6. The number of aromatic nitrogens is 4. The zero-order valence-corrected chi connectivity index (χ0v) is 14.6. The summed E-state index contributed by atoms with van der Waals surface area (Å²) in [6.45, 7) is -1.69. The van der Waals surface area contributed by atoms with Crippen LogP contribution in [0.2, 0.25) is 0 Å². The van der Waals surface area contributed by atoms with E-state index >= 15 is 0 Å². The van der Waals surface area contributed by atoms with Gasteiger partial charge >= 0.3 is 15.6 Å². The van der Waals surface area contributed by atoms with Gasteiger partial charge < -0.3 is 30.3 Å². The molecule has 0 aliphatic carbocycles. The molecule has 0 saturated heterocycles. The number of anilines is 1. The second-order valence-electron chi connectivity index (χ2n) is 4.77. The number of nitrogens with two attached hydrogens (primary N) is 1. The number of nitrogens with one attached hydrogen (secondary N) is 1. The Kier molecular flexibility index (Phi) is 6.29. The van der Waals surface area contributed by atoms with Crippen molar-refractivity contribution in [3.63, 3.8) is 0 Å². The molecule has 146 valence electrons. The second kappa shape index (κ2) is 7.92. The second-order valence-corrected chi connectivity index (χ2v) is 7.60. The van der Waals surface area contributed by atoms with Gasteiger partial charge in [-0.3, -0.25) is 18.9 Å². The number of aliphatic hydroxyl groups excluding tert-OH is 1. The van der Waals surface area contributed by atoms with E-state index < -0.39 is 40.5 Å². The maximum atomic E-state index is 11.6. The Morgan fingerprint density at radius 2 is 2.04 bits per heavy atom. The van der Waals surface area contributed by atoms with Gasteiger partial charge in [0.1, 0.15) is 12.8 Å². The van der Waals surface area contributed by atoms with E-state index in [0.717, 1.165) is 0 Å². The molecule has 7 N–H and O–H groups in total. The standard InChI is InChI=1S/C9H15N5O10P2/c10-9-12-7-6(8(16)13-9)11-3-14(7)4-22-5(1-15)2-23-26(20,21)24-25(17,18)19/h3,5,15H,1-2,4H2,(H,20,21)(H2,17,18,19)(H3,10,12,13,16). The molecule has 0 aliphatic heterocycles. The smallest absolute Gasteiger partial charge is 0.394 e. The van der Waals surface area contributed by atoms with Crippen LogP contribution in [0.5, 0.6) is 0 Å². The van der Waals surface area contributed by atoms with Crippen LogP contribution in [0.15, 0.2) is 11.1 Å². The molecule has 0 saturated carbocycles. The number of rotatable bonds is 9. The average Bonchev–Trinajstić information content (AvgIpc) is 2.88. The minimum absolute atomic E-state index is 0.00509. The van der Waals surface area contributed by atoms with Crippen LogP contribution in [-0.2, 0) is 29.4 Å². The number of nitrogens with zero attached hydrogens (tertiary/aromatic N) is 3. The van der Waals surface area contributed by atoms with Crippen molar-refractivity contribution in [1.29, 1.82) is 0 Å². The molecule has 2 aromatic heterocycles. The van der Waals surface area contributed by atoms with Crippen LogP contribution < -0.4 is 11.3 Å². The number of hydrogen-bond acceptors (Lipinski definition) is 10. The first-order chi connectivity index (χ1) is 12.0. The largest absolute Gasteiger partial charge is 0.481 e. The zero-order chi connectivity index (χ0) is 19.5. The normalized spacial score (nSPS) is 15.8. The molecular formula is C9H15N5O10P2. The summed E-state index contributed by atoms with van der Waals surface area (Å²) in [5.74, 6) is -0.151. The minimum atomic E-state index is -5.25. The molecule has 0 aliphatic rings. The third-order valence-corrected chi connectivity index (χ3v) is 4.93. The minimum Gasteiger partial charge on any atom is -0.394 e. The van der Waals surface area contributed by atoms with E-state index in [1.54, 1.807) is 0 Å². The lowest BCUT2D eigenvalue weighted by atomic mass is 10.4. The molecule has 17 heteroatoms. The van der Waals surface area contributed by atoms with Crippen LogP contribution in [0.1, 0.15) is 0 Å². The third kappa shape index (κ3) is 5.67. The first-order valence-corrected chi connectivity index (χ1v) is 9.70. The van der Waals surface area contributed by atoms with Gasteiger partial charge in [0.2, 0.25) is 5.95 Å². The van der Waals surface area contributed by atoms with Gasteiger partial charge in [-0.05, 0) is 0 Å². The van der Waals surface area contributed by atoms with Crippen molar-refractivity contribution >= 4 is 32.8 Å². The molecule has 0 aromatic carbocycles. The maximum absolute atomic E-state index is 11.6. The summed E-state index contributed by atoms with van der Waals surface area (Å²) in [5, 5.41) is 9.20. The van der Waals surface area contributed by atoms with Crippen LogP contribution in [0, 0.1) is 0 Å². The van der Waals surface area contributed by atoms with Gasteiger partial charge in [-0.1, -0.05) is 0 Å². The van der Waals surface area contributed by atoms with Crippen LogP contribution in [-0.4, -0.2) is 58.6 Å². The third-order valence-electron chi connectivity index (χ3n) is 2.78. The number of phosphoric ester groups is 1. The Balaban J connectivity index is 2.00. The number of ether oxygens (including phenoxy) is 1. The summed E-state index contributed by atoms with van der Waals surface area (Å²) in [7, 11) is -10.3. The fourth-order valence-corrected chi connectivity index (χ4v) is 3.36. The summed E-state index contributed by atoms with van der Waals surface area (Å²) >= 11 is 0. The van der Waals surface area contributed by atoms with E-state index in [9.17, 15) is 19.0 Å². The van der Waals surface area contributed by atoms with E-state index in [0.29, 0.717) is 0 Å². The molecule has 0 radical (unpaired) electrons. The fraction of sp³-hybridized carbons (Fsp3) is 0.444. The highest BCUT2D eigenvalue weighted by Crippen LogP contribution is 2.57. The quantitative estimate of drug-likeness (QED) is 0.250. The van der Waals surface area contributed by atoms with Crippen LogP contribution >= 0.6 is 15.6 Å². The molecule has 0 spiro atoms. The lowest BCUT2D eigenvalue weighted by Crippen LogP contribution is -2.25. The Bertz CT molecular complexity index is 921. The lowest BCUT2D eigenvalue weighted by Gasteiger charge is -2.18. The Hall–Kier alpha value is -1.67. The molecule has 26 heavy (non-hydrogen) atoms. The number of fused-ring (bicyclic) bond motifs is 1. The van der Waals surface area contributed by atoms with Gasteiger partial charge in [-0.15, -0.1) is 0 Å². The summed E-state index contributed by atoms with van der Waals surface area (Å²) in [4.78, 5) is 47.7. The van der Waals surface area contributed by atoms with Crippen molar-refractivity contribution in [2.24, 2.45) is 0 Å². The van der Waals surface area contributed by atoms with Crippen LogP contribution in [0.3, 0.4) is 0 Å². The first kappa shape index (κ1) is 20.6. The van der Waals surface area contributed by atoms with Crippen molar-refractivity contribution in [1.82, 2.24) is 19.5 Å². The predicted octanol–water partition coefficient (Wildman–Crippen LogP) is -1.74. The monoisotopic (exact) mass is 415 g/mol. The Labute approximate surface area is 144 Å². The summed E-state index contributed by atoms with van der Waals surface area (Å²) < 4.78 is 36.3. The molecular weight excluding hydrogens is 400 g/mol. The molecule has 2 heterocycles. The molecule has 2 aromatic rings. The van der Waals surface area contributed by atoms with Crippen molar-refractivity contribution < 1.29 is 42.5 Å². The molecule has 0 amide bonds. The number of phosphoric acid groups is 2. The van der Waals surface area contributed by atoms with Crippen LogP contribution in [0.4, 0.5) is 5.95 Å². The van der Waals surface area contributed by atoms with Gasteiger partial charge in [0.05, 0.1) is 19.5 Å². The average molecular weight is 415 g/mol. The predicted molar refractivity (Wildman–Crippen MR) is 83.4 cm³/mol. The van der Waals surface area contributed by atoms with Gasteiger partial charge in [-0.25, -0.2) is 14.1 Å². The van der Waals surface area contributed by atoms with Crippen molar-refractivity contribution in [3.05, 3.63) is 16.7 Å². The van der Waals surface area contributed by atoms with Gasteiger partial charge in [0, 0.05) is 0 Å². The van der Waals surface area contributed by atoms with Gasteiger partial charge in [0.15, 0.2) is 11.2 Å². The van der Waals surface area contributed by atoms with Crippen LogP contribution in [0.25, 0.3) is 11.2 Å². The topological polar surface area (TPSA) is 232 Å². The highest BCUT2D eigenvalue weighted by molar-refractivity contribution is 7.60. The Morgan fingerprint density at radius 1 is 1.35 bits per heavy atom. The van der Waals surface area contributed by atoms with Gasteiger partial charge in [0.25, 0.3) is 5.56 Å². The van der Waals surface area contributed by atoms with E-state index in [1.165, 1.54) is 10.9 Å². The highest BCUT2D eigenvalue weighted by Gasteiger charge is 2.33. The summed E-state index contributed by atoms with van der Waals surface area (Å²) in [6.07, 6.45) is 0.0442. The zero-order valence-electron chi connectivity index (χ0n) is 12.8. The number of aliphatic hydroxyl groups is 1.